The summed E-state index contributed by atoms with van der Waals surface area (Å²) in [4.78, 5) is 29.3. The van der Waals surface area contributed by atoms with Crippen molar-refractivity contribution in [1.82, 2.24) is 10.2 Å². The summed E-state index contributed by atoms with van der Waals surface area (Å²) >= 11 is 0. The van der Waals surface area contributed by atoms with Gasteiger partial charge in [0, 0.05) is 12.6 Å². The number of hydrogen-bond donors (Lipinski definition) is 1. The van der Waals surface area contributed by atoms with Crippen LogP contribution in [0.5, 0.6) is 5.75 Å². The summed E-state index contributed by atoms with van der Waals surface area (Å²) in [7, 11) is -2.73. The molecule has 0 aliphatic heterocycles. The van der Waals surface area contributed by atoms with Crippen molar-refractivity contribution in [3.05, 3.63) is 89.0 Å². The Morgan fingerprint density at radius 3 is 2.21 bits per heavy atom. The Labute approximate surface area is 256 Å². The van der Waals surface area contributed by atoms with Crippen molar-refractivity contribution in [3.8, 4) is 5.75 Å². The fourth-order valence-electron chi connectivity index (χ4n) is 5.50. The van der Waals surface area contributed by atoms with E-state index >= 15 is 0 Å². The van der Waals surface area contributed by atoms with E-state index in [0.717, 1.165) is 58.7 Å². The van der Waals surface area contributed by atoms with Crippen LogP contribution in [0.15, 0.2) is 71.6 Å². The first-order valence-corrected chi connectivity index (χ1v) is 16.3. The van der Waals surface area contributed by atoms with E-state index in [-0.39, 0.29) is 29.1 Å². The van der Waals surface area contributed by atoms with Crippen molar-refractivity contribution in [2.75, 3.05) is 18.0 Å². The Hall–Kier alpha value is -3.85. The number of amides is 2. The van der Waals surface area contributed by atoms with Crippen molar-refractivity contribution in [3.63, 3.8) is 0 Å². The number of nitrogens with one attached hydrogen (secondary N) is 1. The Balaban J connectivity index is 1.73. The van der Waals surface area contributed by atoms with Crippen LogP contribution in [0.2, 0.25) is 0 Å². The van der Waals surface area contributed by atoms with E-state index in [1.165, 1.54) is 24.1 Å². The molecule has 3 aromatic rings. The summed E-state index contributed by atoms with van der Waals surface area (Å²) < 4.78 is 35.0. The molecule has 1 saturated carbocycles. The van der Waals surface area contributed by atoms with E-state index in [0.29, 0.717) is 5.75 Å². The van der Waals surface area contributed by atoms with Crippen molar-refractivity contribution >= 4 is 27.5 Å². The number of anilines is 1. The second kappa shape index (κ2) is 14.1. The van der Waals surface area contributed by atoms with Crippen molar-refractivity contribution in [1.29, 1.82) is 0 Å². The van der Waals surface area contributed by atoms with Gasteiger partial charge >= 0.3 is 0 Å². The molecule has 9 heteroatoms. The van der Waals surface area contributed by atoms with Crippen LogP contribution in [0.4, 0.5) is 5.69 Å². The van der Waals surface area contributed by atoms with Crippen molar-refractivity contribution in [2.45, 2.75) is 83.3 Å². The minimum absolute atomic E-state index is 0.0581. The lowest BCUT2D eigenvalue weighted by molar-refractivity contribution is -0.139. The predicted molar refractivity (Wildman–Crippen MR) is 170 cm³/mol. The number of sulfonamides is 1. The van der Waals surface area contributed by atoms with Crippen LogP contribution in [-0.2, 0) is 26.2 Å². The normalized spacial score (nSPS) is 14.5. The van der Waals surface area contributed by atoms with Crippen LogP contribution in [-0.4, -0.2) is 50.9 Å². The molecule has 0 aromatic heterocycles. The third-order valence-corrected chi connectivity index (χ3v) is 9.82. The third-order valence-electron chi connectivity index (χ3n) is 8.05. The Morgan fingerprint density at radius 1 is 0.907 bits per heavy atom. The predicted octanol–water partition coefficient (Wildman–Crippen LogP) is 5.68. The van der Waals surface area contributed by atoms with E-state index in [2.05, 4.69) is 5.32 Å². The first-order chi connectivity index (χ1) is 20.5. The minimum atomic E-state index is -4.19. The van der Waals surface area contributed by atoms with Crippen LogP contribution < -0.4 is 14.4 Å². The maximum absolute atomic E-state index is 14.3. The lowest BCUT2D eigenvalue weighted by atomic mass is 9.95. The zero-order chi connectivity index (χ0) is 31.1. The minimum Gasteiger partial charge on any atom is -0.495 e. The average molecular weight is 606 g/mol. The lowest BCUT2D eigenvalue weighted by Crippen LogP contribution is -2.53. The maximum atomic E-state index is 14.3. The number of hydrogen-bond acceptors (Lipinski definition) is 5. The summed E-state index contributed by atoms with van der Waals surface area (Å²) in [6.45, 7) is 7.05. The molecule has 0 saturated heterocycles. The maximum Gasteiger partial charge on any atom is 0.264 e. The highest BCUT2D eigenvalue weighted by Crippen LogP contribution is 2.34. The Bertz CT molecular complexity index is 1530. The molecule has 0 bridgehead atoms. The highest BCUT2D eigenvalue weighted by Gasteiger charge is 2.34. The molecule has 4 rings (SSSR count). The van der Waals surface area contributed by atoms with E-state index in [1.807, 2.05) is 51.1 Å². The largest absolute Gasteiger partial charge is 0.495 e. The smallest absolute Gasteiger partial charge is 0.264 e. The SMILES string of the molecule is COc1ccc(C)cc1N(CC(=O)N(Cc1cccc(C)c1)[C@H](C)C(=O)NC1CCCCC1)S(=O)(=O)c1ccc(C)cc1. The second-order valence-electron chi connectivity index (χ2n) is 11.5. The number of aryl methyl sites for hydroxylation is 3. The van der Waals surface area contributed by atoms with Gasteiger partial charge in [-0.15, -0.1) is 0 Å². The highest BCUT2D eigenvalue weighted by molar-refractivity contribution is 7.92. The quantitative estimate of drug-likeness (QED) is 0.303. The number of methoxy groups -OCH3 is 1. The standard InChI is InChI=1S/C34H43N3O5S/c1-24-14-17-30(18-15-24)43(40,41)37(31-21-26(3)16-19-32(31)42-5)23-33(38)36(22-28-11-9-10-25(2)20-28)27(4)34(39)35-29-12-7-6-8-13-29/h9-11,14-21,27,29H,6-8,12-13,22-23H2,1-5H3,(H,35,39)/t27-/m1/s1. The van der Waals surface area contributed by atoms with E-state index in [1.54, 1.807) is 31.2 Å². The third kappa shape index (κ3) is 7.96. The van der Waals surface area contributed by atoms with Gasteiger partial charge in [0.1, 0.15) is 18.3 Å². The fourth-order valence-corrected chi connectivity index (χ4v) is 6.92. The number of ether oxygens (including phenoxy) is 1. The van der Waals surface area contributed by atoms with Gasteiger partial charge in [-0.2, -0.15) is 0 Å². The first kappa shape index (κ1) is 32.1. The second-order valence-corrected chi connectivity index (χ2v) is 13.4. The summed E-state index contributed by atoms with van der Waals surface area (Å²) in [5.41, 5.74) is 3.86. The molecular weight excluding hydrogens is 562 g/mol. The zero-order valence-electron chi connectivity index (χ0n) is 25.8. The van der Waals surface area contributed by atoms with E-state index in [4.69, 9.17) is 4.74 Å². The zero-order valence-corrected chi connectivity index (χ0v) is 26.6. The van der Waals surface area contributed by atoms with Crippen LogP contribution in [0.25, 0.3) is 0 Å². The van der Waals surface area contributed by atoms with Gasteiger partial charge in [-0.25, -0.2) is 8.42 Å². The lowest BCUT2D eigenvalue weighted by Gasteiger charge is -2.33. The van der Waals surface area contributed by atoms with E-state index < -0.39 is 28.5 Å². The number of rotatable bonds is 11. The van der Waals surface area contributed by atoms with Gasteiger partial charge in [0.2, 0.25) is 11.8 Å². The van der Waals surface area contributed by atoms with Crippen molar-refractivity contribution in [2.24, 2.45) is 0 Å². The molecule has 1 aliphatic carbocycles. The van der Waals surface area contributed by atoms with Crippen LogP contribution in [0.3, 0.4) is 0 Å². The molecule has 1 fully saturated rings. The summed E-state index contributed by atoms with van der Waals surface area (Å²) in [5.74, 6) is -0.413. The fraction of sp³-hybridized carbons (Fsp3) is 0.412. The molecule has 8 nitrogen and oxygen atoms in total. The van der Waals surface area contributed by atoms with E-state index in [9.17, 15) is 18.0 Å². The van der Waals surface area contributed by atoms with Crippen LogP contribution in [0, 0.1) is 20.8 Å². The van der Waals surface area contributed by atoms with Gasteiger partial charge in [0.05, 0.1) is 17.7 Å². The molecule has 0 heterocycles. The van der Waals surface area contributed by atoms with Gasteiger partial charge in [0.25, 0.3) is 10.0 Å². The monoisotopic (exact) mass is 605 g/mol. The molecule has 3 aromatic carbocycles. The molecule has 43 heavy (non-hydrogen) atoms. The van der Waals surface area contributed by atoms with Crippen LogP contribution >= 0.6 is 0 Å². The number of nitrogens with zero attached hydrogens (tertiary/aromatic N) is 2. The molecule has 1 aliphatic rings. The average Bonchev–Trinajstić information content (AvgIpc) is 2.99. The van der Waals surface area contributed by atoms with Gasteiger partial charge in [-0.05, 0) is 75.9 Å². The molecule has 0 unspecified atom stereocenters. The topological polar surface area (TPSA) is 96.0 Å². The van der Waals surface area contributed by atoms with Gasteiger partial charge in [-0.1, -0.05) is 72.9 Å². The van der Waals surface area contributed by atoms with Crippen molar-refractivity contribution < 1.29 is 22.7 Å². The molecule has 0 spiro atoms. The molecule has 1 atom stereocenters. The summed E-state index contributed by atoms with van der Waals surface area (Å²) in [6.07, 6.45) is 5.12. The first-order valence-electron chi connectivity index (χ1n) is 14.9. The summed E-state index contributed by atoms with van der Waals surface area (Å²) in [5, 5.41) is 3.14. The number of carbonyl (C=O) groups excluding carboxylic acids is 2. The molecule has 2 amide bonds. The van der Waals surface area contributed by atoms with Crippen LogP contribution in [0.1, 0.15) is 61.3 Å². The van der Waals surface area contributed by atoms with Gasteiger partial charge < -0.3 is 15.0 Å². The van der Waals surface area contributed by atoms with Gasteiger partial charge in [0.15, 0.2) is 0 Å². The molecule has 0 radical (unpaired) electrons. The molecule has 1 N–H and O–H groups in total. The molecular formula is C34H43N3O5S. The highest BCUT2D eigenvalue weighted by atomic mass is 32.2. The summed E-state index contributed by atoms with van der Waals surface area (Å²) in [6, 6.07) is 18.7. The Morgan fingerprint density at radius 2 is 1.56 bits per heavy atom. The number of benzene rings is 3. The molecule has 230 valence electrons. The van der Waals surface area contributed by atoms with Gasteiger partial charge in [-0.3, -0.25) is 13.9 Å². The number of carbonyl (C=O) groups is 2. The Kier molecular flexibility index (Phi) is 10.5.